The molecule has 1 aliphatic rings. The van der Waals surface area contributed by atoms with E-state index in [1.54, 1.807) is 12.1 Å². The number of benzene rings is 1. The van der Waals surface area contributed by atoms with Crippen LogP contribution in [-0.2, 0) is 9.53 Å². The first-order valence-electron chi connectivity index (χ1n) is 6.90. The fraction of sp³-hybridized carbons (Fsp3) is 0.562. The van der Waals surface area contributed by atoms with Crippen LogP contribution in [-0.4, -0.2) is 12.1 Å². The smallest absolute Gasteiger partial charge is 0.302 e. The van der Waals surface area contributed by atoms with Gasteiger partial charge in [0.25, 0.3) is 0 Å². The van der Waals surface area contributed by atoms with Gasteiger partial charge >= 0.3 is 5.97 Å². The Kier molecular flexibility index (Phi) is 4.23. The van der Waals surface area contributed by atoms with Crippen LogP contribution in [0, 0.1) is 17.7 Å². The molecule has 2 rings (SSSR count). The summed E-state index contributed by atoms with van der Waals surface area (Å²) >= 11 is 0. The number of rotatable bonds is 3. The Balaban J connectivity index is 2.15. The molecule has 0 N–H and O–H groups in total. The SMILES string of the molecule is CC(=O)O[C@@H]1C[C@@H](c2cccc(F)c2)C[C@H]1C(C)C. The van der Waals surface area contributed by atoms with Crippen molar-refractivity contribution in [2.45, 2.75) is 45.6 Å². The van der Waals surface area contributed by atoms with Crippen LogP contribution in [0.5, 0.6) is 0 Å². The zero-order chi connectivity index (χ0) is 14.0. The zero-order valence-electron chi connectivity index (χ0n) is 11.7. The molecule has 2 nitrogen and oxygen atoms in total. The predicted octanol–water partition coefficient (Wildman–Crippen LogP) is 3.91. The maximum atomic E-state index is 13.3. The molecule has 1 aliphatic carbocycles. The van der Waals surface area contributed by atoms with Crippen LogP contribution in [0.15, 0.2) is 24.3 Å². The zero-order valence-corrected chi connectivity index (χ0v) is 11.7. The number of hydrogen-bond acceptors (Lipinski definition) is 2. The van der Waals surface area contributed by atoms with Crippen LogP contribution < -0.4 is 0 Å². The summed E-state index contributed by atoms with van der Waals surface area (Å²) in [7, 11) is 0. The highest BCUT2D eigenvalue weighted by Gasteiger charge is 2.38. The van der Waals surface area contributed by atoms with Gasteiger partial charge in [-0.3, -0.25) is 4.79 Å². The Morgan fingerprint density at radius 2 is 2.11 bits per heavy atom. The molecule has 0 radical (unpaired) electrons. The third-order valence-corrected chi connectivity index (χ3v) is 4.04. The quantitative estimate of drug-likeness (QED) is 0.774. The summed E-state index contributed by atoms with van der Waals surface area (Å²) in [4.78, 5) is 11.2. The Hall–Kier alpha value is -1.38. The van der Waals surface area contributed by atoms with Gasteiger partial charge in [-0.05, 0) is 48.3 Å². The second-order valence-corrected chi connectivity index (χ2v) is 5.78. The highest BCUT2D eigenvalue weighted by atomic mass is 19.1. The minimum Gasteiger partial charge on any atom is -0.462 e. The van der Waals surface area contributed by atoms with E-state index in [9.17, 15) is 9.18 Å². The molecule has 0 aromatic heterocycles. The van der Waals surface area contributed by atoms with E-state index in [2.05, 4.69) is 13.8 Å². The third-order valence-electron chi connectivity index (χ3n) is 4.04. The van der Waals surface area contributed by atoms with Crippen LogP contribution in [0.1, 0.15) is 45.1 Å². The van der Waals surface area contributed by atoms with Crippen molar-refractivity contribution in [3.8, 4) is 0 Å². The monoisotopic (exact) mass is 264 g/mol. The van der Waals surface area contributed by atoms with Gasteiger partial charge in [0.15, 0.2) is 0 Å². The van der Waals surface area contributed by atoms with Gasteiger partial charge in [-0.25, -0.2) is 4.39 Å². The molecule has 0 amide bonds. The Morgan fingerprint density at radius 3 is 2.68 bits per heavy atom. The average molecular weight is 264 g/mol. The summed E-state index contributed by atoms with van der Waals surface area (Å²) in [6, 6.07) is 6.76. The maximum absolute atomic E-state index is 13.3. The normalized spacial score (nSPS) is 26.7. The Morgan fingerprint density at radius 1 is 1.37 bits per heavy atom. The van der Waals surface area contributed by atoms with Crippen molar-refractivity contribution < 1.29 is 13.9 Å². The Labute approximate surface area is 114 Å². The van der Waals surface area contributed by atoms with E-state index in [4.69, 9.17) is 4.74 Å². The minimum absolute atomic E-state index is 0.0363. The molecule has 3 heteroatoms. The van der Waals surface area contributed by atoms with Crippen molar-refractivity contribution in [2.24, 2.45) is 11.8 Å². The number of esters is 1. The number of hydrogen-bond donors (Lipinski definition) is 0. The molecule has 0 spiro atoms. The van der Waals surface area contributed by atoms with Crippen LogP contribution in [0.2, 0.25) is 0 Å². The molecule has 3 atom stereocenters. The number of ether oxygens (including phenoxy) is 1. The van der Waals surface area contributed by atoms with E-state index in [0.29, 0.717) is 11.8 Å². The maximum Gasteiger partial charge on any atom is 0.302 e. The van der Waals surface area contributed by atoms with Crippen LogP contribution in [0.25, 0.3) is 0 Å². The number of halogens is 1. The molecule has 19 heavy (non-hydrogen) atoms. The van der Waals surface area contributed by atoms with Crippen LogP contribution in [0.3, 0.4) is 0 Å². The molecule has 0 bridgehead atoms. The highest BCUT2D eigenvalue weighted by Crippen LogP contribution is 2.43. The van der Waals surface area contributed by atoms with E-state index in [1.807, 2.05) is 6.07 Å². The molecule has 104 valence electrons. The lowest BCUT2D eigenvalue weighted by Gasteiger charge is -2.22. The largest absolute Gasteiger partial charge is 0.462 e. The minimum atomic E-state index is -0.226. The van der Waals surface area contributed by atoms with Crippen LogP contribution in [0.4, 0.5) is 4.39 Å². The van der Waals surface area contributed by atoms with Crippen molar-refractivity contribution in [1.82, 2.24) is 0 Å². The Bertz CT molecular complexity index is 456. The topological polar surface area (TPSA) is 26.3 Å². The fourth-order valence-electron chi connectivity index (χ4n) is 3.11. The fourth-order valence-corrected chi connectivity index (χ4v) is 3.11. The lowest BCUT2D eigenvalue weighted by atomic mass is 9.90. The van der Waals surface area contributed by atoms with Crippen molar-refractivity contribution in [1.29, 1.82) is 0 Å². The summed E-state index contributed by atoms with van der Waals surface area (Å²) in [6.45, 7) is 5.75. The van der Waals surface area contributed by atoms with Gasteiger partial charge in [0.1, 0.15) is 11.9 Å². The van der Waals surface area contributed by atoms with Gasteiger partial charge in [0.2, 0.25) is 0 Å². The van der Waals surface area contributed by atoms with E-state index >= 15 is 0 Å². The van der Waals surface area contributed by atoms with Gasteiger partial charge in [-0.2, -0.15) is 0 Å². The first kappa shape index (κ1) is 14.0. The molecular formula is C16H21FO2. The molecule has 0 unspecified atom stereocenters. The van der Waals surface area contributed by atoms with E-state index in [0.717, 1.165) is 18.4 Å². The van der Waals surface area contributed by atoms with Gasteiger partial charge in [0.05, 0.1) is 0 Å². The third kappa shape index (κ3) is 3.34. The summed E-state index contributed by atoms with van der Waals surface area (Å²) in [5.74, 6) is 0.678. The molecule has 0 saturated heterocycles. The summed E-state index contributed by atoms with van der Waals surface area (Å²) < 4.78 is 18.7. The van der Waals surface area contributed by atoms with Gasteiger partial charge in [0, 0.05) is 6.92 Å². The predicted molar refractivity (Wildman–Crippen MR) is 72.3 cm³/mol. The van der Waals surface area contributed by atoms with Gasteiger partial charge in [-0.1, -0.05) is 26.0 Å². The van der Waals surface area contributed by atoms with Crippen molar-refractivity contribution in [2.75, 3.05) is 0 Å². The summed E-state index contributed by atoms with van der Waals surface area (Å²) in [5, 5.41) is 0. The van der Waals surface area contributed by atoms with E-state index < -0.39 is 0 Å². The molecule has 1 saturated carbocycles. The lowest BCUT2D eigenvalue weighted by Crippen LogP contribution is -2.24. The van der Waals surface area contributed by atoms with Crippen LogP contribution >= 0.6 is 0 Å². The van der Waals surface area contributed by atoms with Crippen molar-refractivity contribution >= 4 is 5.97 Å². The molecule has 1 aromatic carbocycles. The van der Waals surface area contributed by atoms with Crippen molar-refractivity contribution in [3.63, 3.8) is 0 Å². The molecule has 1 fully saturated rings. The van der Waals surface area contributed by atoms with E-state index in [-0.39, 0.29) is 23.8 Å². The summed E-state index contributed by atoms with van der Waals surface area (Å²) in [5.41, 5.74) is 1.01. The first-order valence-corrected chi connectivity index (χ1v) is 6.90. The van der Waals surface area contributed by atoms with E-state index in [1.165, 1.54) is 13.0 Å². The second kappa shape index (κ2) is 5.72. The van der Waals surface area contributed by atoms with Gasteiger partial charge in [-0.15, -0.1) is 0 Å². The number of carbonyl (C=O) groups excluding carboxylic acids is 1. The summed E-state index contributed by atoms with van der Waals surface area (Å²) in [6.07, 6.45) is 1.72. The highest BCUT2D eigenvalue weighted by molar-refractivity contribution is 5.66. The number of carbonyl (C=O) groups is 1. The molecule has 0 aliphatic heterocycles. The molecule has 0 heterocycles. The standard InChI is InChI=1S/C16H21FO2/c1-10(2)15-8-13(9-16(15)19-11(3)18)12-5-4-6-14(17)7-12/h4-7,10,13,15-16H,8-9H2,1-3H3/t13-,15-,16+/m0/s1. The van der Waals surface area contributed by atoms with Gasteiger partial charge < -0.3 is 4.74 Å². The lowest BCUT2D eigenvalue weighted by molar-refractivity contribution is -0.148. The average Bonchev–Trinajstić information content (AvgIpc) is 2.72. The second-order valence-electron chi connectivity index (χ2n) is 5.78. The molecule has 1 aromatic rings. The van der Waals surface area contributed by atoms with Crippen molar-refractivity contribution in [3.05, 3.63) is 35.6 Å². The first-order chi connectivity index (χ1) is 8.97. The molecular weight excluding hydrogens is 243 g/mol.